The smallest absolute Gasteiger partial charge is 0.134 e. The minimum absolute atomic E-state index is 0.415. The van der Waals surface area contributed by atoms with Crippen molar-refractivity contribution in [2.45, 2.75) is 59.1 Å². The number of aryl methyl sites for hydroxylation is 1. The van der Waals surface area contributed by atoms with E-state index >= 15 is 0 Å². The summed E-state index contributed by atoms with van der Waals surface area (Å²) < 4.78 is 5.60. The topological polar surface area (TPSA) is 59.1 Å². The fourth-order valence-corrected chi connectivity index (χ4v) is 2.45. The largest absolute Gasteiger partial charge is 0.378 e. The summed E-state index contributed by atoms with van der Waals surface area (Å²) in [6.07, 6.45) is 3.39. The van der Waals surface area contributed by atoms with E-state index < -0.39 is 0 Å². The molecule has 0 amide bonds. The molecule has 1 heterocycles. The molecule has 1 aliphatic carbocycles. The standard InChI is InChI=1S/C15H26N4O/c1-5-13-18-14(16-6-2)10(4)15(19-13)17-11-8-12(9-11)20-7-3/h11-12H,5-9H2,1-4H3,(H2,16,17,18,19). The molecule has 5 nitrogen and oxygen atoms in total. The van der Waals surface area contributed by atoms with Crippen LogP contribution in [0.25, 0.3) is 0 Å². The Morgan fingerprint density at radius 2 is 1.85 bits per heavy atom. The molecule has 2 N–H and O–H groups in total. The molecule has 0 aromatic carbocycles. The summed E-state index contributed by atoms with van der Waals surface area (Å²) in [7, 11) is 0. The predicted octanol–water partition coefficient (Wildman–Crippen LogP) is 2.76. The fraction of sp³-hybridized carbons (Fsp3) is 0.733. The molecule has 112 valence electrons. The summed E-state index contributed by atoms with van der Waals surface area (Å²) >= 11 is 0. The summed E-state index contributed by atoms with van der Waals surface area (Å²) in [5.74, 6) is 2.80. The van der Waals surface area contributed by atoms with Crippen LogP contribution in [0.15, 0.2) is 0 Å². The Bertz CT molecular complexity index is 444. The number of hydrogen-bond donors (Lipinski definition) is 2. The van der Waals surface area contributed by atoms with Crippen molar-refractivity contribution < 1.29 is 4.74 Å². The van der Waals surface area contributed by atoms with E-state index in [0.717, 1.165) is 55.4 Å². The van der Waals surface area contributed by atoms with E-state index in [4.69, 9.17) is 4.74 Å². The van der Waals surface area contributed by atoms with Crippen molar-refractivity contribution in [2.75, 3.05) is 23.8 Å². The van der Waals surface area contributed by atoms with Gasteiger partial charge in [0.2, 0.25) is 0 Å². The molecule has 1 fully saturated rings. The third kappa shape index (κ3) is 3.39. The first kappa shape index (κ1) is 15.0. The number of rotatable bonds is 7. The molecule has 0 bridgehead atoms. The Morgan fingerprint density at radius 3 is 2.45 bits per heavy atom. The van der Waals surface area contributed by atoms with Crippen molar-refractivity contribution >= 4 is 11.6 Å². The van der Waals surface area contributed by atoms with Gasteiger partial charge in [0.25, 0.3) is 0 Å². The van der Waals surface area contributed by atoms with Crippen LogP contribution in [0.4, 0.5) is 11.6 Å². The van der Waals surface area contributed by atoms with Gasteiger partial charge in [0.05, 0.1) is 6.10 Å². The van der Waals surface area contributed by atoms with E-state index in [1.165, 1.54) is 0 Å². The molecule has 1 aromatic rings. The van der Waals surface area contributed by atoms with Gasteiger partial charge >= 0.3 is 0 Å². The van der Waals surface area contributed by atoms with Crippen molar-refractivity contribution in [2.24, 2.45) is 0 Å². The summed E-state index contributed by atoms with van der Waals surface area (Å²) in [5, 5.41) is 6.85. The van der Waals surface area contributed by atoms with Crippen molar-refractivity contribution in [1.82, 2.24) is 9.97 Å². The van der Waals surface area contributed by atoms with Crippen LogP contribution < -0.4 is 10.6 Å². The highest BCUT2D eigenvalue weighted by atomic mass is 16.5. The molecule has 0 unspecified atom stereocenters. The lowest BCUT2D eigenvalue weighted by Crippen LogP contribution is -2.41. The SMILES string of the molecule is CCNc1nc(CC)nc(NC2CC(OCC)C2)c1C. The van der Waals surface area contributed by atoms with Gasteiger partial charge in [-0.25, -0.2) is 9.97 Å². The van der Waals surface area contributed by atoms with Gasteiger partial charge < -0.3 is 15.4 Å². The number of aromatic nitrogens is 2. The number of nitrogens with zero attached hydrogens (tertiary/aromatic N) is 2. The van der Waals surface area contributed by atoms with E-state index in [-0.39, 0.29) is 0 Å². The van der Waals surface area contributed by atoms with Crippen LogP contribution in [-0.4, -0.2) is 35.3 Å². The maximum atomic E-state index is 5.60. The lowest BCUT2D eigenvalue weighted by Gasteiger charge is -2.36. The average molecular weight is 278 g/mol. The first-order chi connectivity index (χ1) is 9.67. The molecule has 1 aliphatic rings. The molecule has 2 rings (SSSR count). The molecular weight excluding hydrogens is 252 g/mol. The van der Waals surface area contributed by atoms with Gasteiger partial charge in [-0.3, -0.25) is 0 Å². The number of ether oxygens (including phenoxy) is 1. The Morgan fingerprint density at radius 1 is 1.15 bits per heavy atom. The van der Waals surface area contributed by atoms with Crippen LogP contribution in [0.2, 0.25) is 0 Å². The molecule has 0 saturated heterocycles. The molecule has 20 heavy (non-hydrogen) atoms. The summed E-state index contributed by atoms with van der Waals surface area (Å²) in [6.45, 7) is 9.95. The minimum atomic E-state index is 0.415. The van der Waals surface area contributed by atoms with Gasteiger partial charge in [0, 0.05) is 31.2 Å². The monoisotopic (exact) mass is 278 g/mol. The molecule has 1 aromatic heterocycles. The molecule has 1 saturated carbocycles. The first-order valence-corrected chi connectivity index (χ1v) is 7.67. The summed E-state index contributed by atoms with van der Waals surface area (Å²) in [6, 6.07) is 0.472. The Kier molecular flexibility index (Phi) is 5.17. The second kappa shape index (κ2) is 6.88. The zero-order valence-corrected chi connectivity index (χ0v) is 13.0. The highest BCUT2D eigenvalue weighted by molar-refractivity contribution is 5.57. The van der Waals surface area contributed by atoms with Crippen LogP contribution in [0.1, 0.15) is 45.0 Å². The number of anilines is 2. The quantitative estimate of drug-likeness (QED) is 0.803. The molecule has 0 aliphatic heterocycles. The molecule has 5 heteroatoms. The molecule has 0 radical (unpaired) electrons. The Balaban J connectivity index is 2.05. The number of hydrogen-bond acceptors (Lipinski definition) is 5. The Labute approximate surface area is 121 Å². The van der Waals surface area contributed by atoms with Gasteiger partial charge in [0.1, 0.15) is 17.5 Å². The average Bonchev–Trinajstić information content (AvgIpc) is 2.40. The van der Waals surface area contributed by atoms with Gasteiger partial charge in [-0.15, -0.1) is 0 Å². The first-order valence-electron chi connectivity index (χ1n) is 7.67. The van der Waals surface area contributed by atoms with Crippen LogP contribution in [-0.2, 0) is 11.2 Å². The third-order valence-corrected chi connectivity index (χ3v) is 3.69. The van der Waals surface area contributed by atoms with E-state index in [9.17, 15) is 0 Å². The molecule has 0 spiro atoms. The second-order valence-electron chi connectivity index (χ2n) is 5.24. The predicted molar refractivity (Wildman–Crippen MR) is 82.4 cm³/mol. The third-order valence-electron chi connectivity index (χ3n) is 3.69. The zero-order valence-electron chi connectivity index (χ0n) is 13.0. The molecule has 0 atom stereocenters. The van der Waals surface area contributed by atoms with Gasteiger partial charge in [-0.2, -0.15) is 0 Å². The van der Waals surface area contributed by atoms with Crippen molar-refractivity contribution in [3.63, 3.8) is 0 Å². The van der Waals surface area contributed by atoms with Crippen molar-refractivity contribution in [1.29, 1.82) is 0 Å². The lowest BCUT2D eigenvalue weighted by atomic mass is 9.89. The summed E-state index contributed by atoms with van der Waals surface area (Å²) in [5.41, 5.74) is 1.10. The van der Waals surface area contributed by atoms with Gasteiger partial charge in [-0.05, 0) is 33.6 Å². The highest BCUT2D eigenvalue weighted by Crippen LogP contribution is 2.29. The van der Waals surface area contributed by atoms with E-state index in [0.29, 0.717) is 12.1 Å². The number of nitrogens with one attached hydrogen (secondary N) is 2. The van der Waals surface area contributed by atoms with Gasteiger partial charge in [-0.1, -0.05) is 6.92 Å². The minimum Gasteiger partial charge on any atom is -0.378 e. The van der Waals surface area contributed by atoms with Crippen molar-refractivity contribution in [3.8, 4) is 0 Å². The van der Waals surface area contributed by atoms with Crippen LogP contribution in [0, 0.1) is 6.92 Å². The van der Waals surface area contributed by atoms with E-state index in [1.54, 1.807) is 0 Å². The van der Waals surface area contributed by atoms with Crippen molar-refractivity contribution in [3.05, 3.63) is 11.4 Å². The van der Waals surface area contributed by atoms with Crippen LogP contribution >= 0.6 is 0 Å². The zero-order chi connectivity index (χ0) is 14.5. The maximum Gasteiger partial charge on any atom is 0.134 e. The van der Waals surface area contributed by atoms with Crippen LogP contribution in [0.3, 0.4) is 0 Å². The van der Waals surface area contributed by atoms with Crippen LogP contribution in [0.5, 0.6) is 0 Å². The normalized spacial score (nSPS) is 21.4. The molecular formula is C15H26N4O. The fourth-order valence-electron chi connectivity index (χ4n) is 2.45. The van der Waals surface area contributed by atoms with E-state index in [2.05, 4.69) is 41.4 Å². The highest BCUT2D eigenvalue weighted by Gasteiger charge is 2.30. The Hall–Kier alpha value is -1.36. The lowest BCUT2D eigenvalue weighted by molar-refractivity contribution is 0.00291. The van der Waals surface area contributed by atoms with E-state index in [1.807, 2.05) is 6.92 Å². The second-order valence-corrected chi connectivity index (χ2v) is 5.24. The van der Waals surface area contributed by atoms with Gasteiger partial charge in [0.15, 0.2) is 0 Å². The maximum absolute atomic E-state index is 5.60. The summed E-state index contributed by atoms with van der Waals surface area (Å²) in [4.78, 5) is 9.17.